The van der Waals surface area contributed by atoms with Crippen molar-refractivity contribution in [1.29, 1.82) is 0 Å². The lowest BCUT2D eigenvalue weighted by atomic mass is 9.97. The maximum atomic E-state index is 10.4. The standard InChI is InChI=1S/C27H36ClN9O/c1-17(2)19-16-31-37-24(19)32-26(35-11-8-18(14-29)9-12-35)33-25(37)30-15-20-21(28)6-5-7-22(20)36-13-10-23(34-36)27(3,4)38/h5-7,10,13,16-18,38H,8-9,11-12,14-15,29H2,1-4H3,(H,30,32,33). The van der Waals surface area contributed by atoms with E-state index in [0.29, 0.717) is 41.6 Å². The number of hydrogen-bond donors (Lipinski definition) is 3. The molecule has 1 saturated heterocycles. The summed E-state index contributed by atoms with van der Waals surface area (Å²) in [7, 11) is 0. The van der Waals surface area contributed by atoms with Gasteiger partial charge in [0.25, 0.3) is 0 Å². The van der Waals surface area contributed by atoms with Gasteiger partial charge in [0.15, 0.2) is 5.65 Å². The number of fused-ring (bicyclic) bond motifs is 1. The number of halogens is 1. The molecule has 0 radical (unpaired) electrons. The van der Waals surface area contributed by atoms with Gasteiger partial charge in [-0.2, -0.15) is 24.7 Å². The lowest BCUT2D eigenvalue weighted by Gasteiger charge is -2.31. The van der Waals surface area contributed by atoms with Crippen molar-refractivity contribution >= 4 is 29.1 Å². The van der Waals surface area contributed by atoms with Crippen LogP contribution in [0.25, 0.3) is 11.3 Å². The third-order valence-corrected chi connectivity index (χ3v) is 7.57. The molecule has 0 bridgehead atoms. The van der Waals surface area contributed by atoms with E-state index in [0.717, 1.165) is 48.4 Å². The fourth-order valence-corrected chi connectivity index (χ4v) is 5.04. The quantitative estimate of drug-likeness (QED) is 0.307. The van der Waals surface area contributed by atoms with E-state index < -0.39 is 5.60 Å². The highest BCUT2D eigenvalue weighted by Crippen LogP contribution is 2.28. The van der Waals surface area contributed by atoms with Crippen LogP contribution in [0, 0.1) is 5.92 Å². The highest BCUT2D eigenvalue weighted by atomic mass is 35.5. The molecule has 0 amide bonds. The summed E-state index contributed by atoms with van der Waals surface area (Å²) in [6.07, 6.45) is 5.76. The lowest BCUT2D eigenvalue weighted by molar-refractivity contribution is 0.0734. The predicted molar refractivity (Wildman–Crippen MR) is 150 cm³/mol. The number of nitrogens with two attached hydrogens (primary N) is 1. The maximum Gasteiger partial charge on any atom is 0.230 e. The number of benzene rings is 1. The van der Waals surface area contributed by atoms with Gasteiger partial charge in [-0.1, -0.05) is 31.5 Å². The molecule has 4 aromatic rings. The molecule has 0 aliphatic carbocycles. The number of nitrogens with zero attached hydrogens (tertiary/aromatic N) is 7. The molecule has 4 N–H and O–H groups in total. The Morgan fingerprint density at radius 1 is 1.18 bits per heavy atom. The van der Waals surface area contributed by atoms with Gasteiger partial charge in [-0.25, -0.2) is 4.68 Å². The molecular weight excluding hydrogens is 502 g/mol. The summed E-state index contributed by atoms with van der Waals surface area (Å²) >= 11 is 6.68. The van der Waals surface area contributed by atoms with Crippen LogP contribution in [-0.4, -0.2) is 54.1 Å². The summed E-state index contributed by atoms with van der Waals surface area (Å²) in [5, 5.41) is 23.7. The topological polar surface area (TPSA) is 122 Å². The van der Waals surface area contributed by atoms with Gasteiger partial charge in [0.2, 0.25) is 11.9 Å². The minimum absolute atomic E-state index is 0.269. The summed E-state index contributed by atoms with van der Waals surface area (Å²) in [6, 6.07) is 7.51. The number of anilines is 2. The van der Waals surface area contributed by atoms with E-state index in [9.17, 15) is 5.11 Å². The van der Waals surface area contributed by atoms with Crippen LogP contribution in [0.5, 0.6) is 0 Å². The zero-order chi connectivity index (χ0) is 27.0. The van der Waals surface area contributed by atoms with E-state index in [2.05, 4.69) is 34.3 Å². The van der Waals surface area contributed by atoms with Gasteiger partial charge in [0.1, 0.15) is 5.60 Å². The van der Waals surface area contributed by atoms with Crippen LogP contribution in [0.4, 0.5) is 11.9 Å². The molecule has 38 heavy (non-hydrogen) atoms. The van der Waals surface area contributed by atoms with Crippen LogP contribution in [0.1, 0.15) is 63.3 Å². The molecule has 11 heteroatoms. The van der Waals surface area contributed by atoms with E-state index in [1.165, 1.54) is 0 Å². The number of nitrogens with one attached hydrogen (secondary N) is 1. The van der Waals surface area contributed by atoms with Crippen molar-refractivity contribution in [2.45, 2.75) is 58.6 Å². The van der Waals surface area contributed by atoms with Gasteiger partial charge < -0.3 is 21.1 Å². The summed E-state index contributed by atoms with van der Waals surface area (Å²) < 4.78 is 3.51. The highest BCUT2D eigenvalue weighted by molar-refractivity contribution is 6.31. The number of piperidine rings is 1. The highest BCUT2D eigenvalue weighted by Gasteiger charge is 2.24. The van der Waals surface area contributed by atoms with Crippen LogP contribution in [0.3, 0.4) is 0 Å². The van der Waals surface area contributed by atoms with Crippen LogP contribution >= 0.6 is 11.6 Å². The molecule has 5 rings (SSSR count). The molecule has 3 aromatic heterocycles. The number of aliphatic hydroxyl groups is 1. The number of hydrogen-bond acceptors (Lipinski definition) is 8. The third-order valence-electron chi connectivity index (χ3n) is 7.22. The third kappa shape index (κ3) is 5.21. The fraction of sp³-hybridized carbons (Fsp3) is 0.481. The molecule has 202 valence electrons. The second kappa shape index (κ2) is 10.5. The Kier molecular flexibility index (Phi) is 7.30. The van der Waals surface area contributed by atoms with Gasteiger partial charge in [-0.15, -0.1) is 0 Å². The summed E-state index contributed by atoms with van der Waals surface area (Å²) in [5.74, 6) is 2.11. The molecule has 0 unspecified atom stereocenters. The zero-order valence-electron chi connectivity index (χ0n) is 22.4. The first-order chi connectivity index (χ1) is 18.2. The van der Waals surface area contributed by atoms with Crippen molar-refractivity contribution in [3.05, 3.63) is 58.5 Å². The first kappa shape index (κ1) is 26.4. The molecule has 1 aliphatic rings. The first-order valence-corrected chi connectivity index (χ1v) is 13.5. The first-order valence-electron chi connectivity index (χ1n) is 13.2. The van der Waals surface area contributed by atoms with Crippen molar-refractivity contribution in [3.8, 4) is 5.69 Å². The number of rotatable bonds is 8. The molecule has 10 nitrogen and oxygen atoms in total. The molecule has 1 fully saturated rings. The van der Waals surface area contributed by atoms with E-state index in [1.807, 2.05) is 36.7 Å². The minimum Gasteiger partial charge on any atom is -0.384 e. The van der Waals surface area contributed by atoms with Crippen LogP contribution < -0.4 is 16.0 Å². The van der Waals surface area contributed by atoms with E-state index in [-0.39, 0.29) is 5.92 Å². The summed E-state index contributed by atoms with van der Waals surface area (Å²) in [4.78, 5) is 12.1. The van der Waals surface area contributed by atoms with Gasteiger partial charge in [0.05, 0.1) is 17.6 Å². The maximum absolute atomic E-state index is 10.4. The Morgan fingerprint density at radius 3 is 2.61 bits per heavy atom. The predicted octanol–water partition coefficient (Wildman–Crippen LogP) is 4.10. The molecule has 0 spiro atoms. The Morgan fingerprint density at radius 2 is 1.95 bits per heavy atom. The Balaban J connectivity index is 1.49. The number of aromatic nitrogens is 6. The van der Waals surface area contributed by atoms with E-state index in [4.69, 9.17) is 27.3 Å². The molecule has 1 aromatic carbocycles. The molecule has 0 atom stereocenters. The smallest absolute Gasteiger partial charge is 0.230 e. The monoisotopic (exact) mass is 537 g/mol. The zero-order valence-corrected chi connectivity index (χ0v) is 23.2. The van der Waals surface area contributed by atoms with Crippen LogP contribution in [-0.2, 0) is 12.1 Å². The van der Waals surface area contributed by atoms with Crippen molar-refractivity contribution in [2.75, 3.05) is 29.9 Å². The minimum atomic E-state index is -1.04. The Hall–Kier alpha value is -3.21. The average molecular weight is 538 g/mol. The van der Waals surface area contributed by atoms with Gasteiger partial charge in [0, 0.05) is 42.0 Å². The Bertz CT molecular complexity index is 1410. The molecular formula is C27H36ClN9O. The van der Waals surface area contributed by atoms with Crippen molar-refractivity contribution in [1.82, 2.24) is 29.4 Å². The van der Waals surface area contributed by atoms with Gasteiger partial charge in [-0.3, -0.25) is 0 Å². The van der Waals surface area contributed by atoms with Crippen molar-refractivity contribution in [2.24, 2.45) is 11.7 Å². The normalized spacial score (nSPS) is 15.1. The fourth-order valence-electron chi connectivity index (χ4n) is 4.80. The lowest BCUT2D eigenvalue weighted by Crippen LogP contribution is -2.37. The Labute approximate surface area is 227 Å². The van der Waals surface area contributed by atoms with Gasteiger partial charge >= 0.3 is 0 Å². The van der Waals surface area contributed by atoms with E-state index in [1.54, 1.807) is 23.0 Å². The SMILES string of the molecule is CC(C)c1cnn2c(NCc3c(Cl)cccc3-n3ccc(C(C)(C)O)n3)nc(N3CCC(CN)CC3)nc12. The second-order valence-corrected chi connectivity index (χ2v) is 11.2. The largest absolute Gasteiger partial charge is 0.384 e. The van der Waals surface area contributed by atoms with Crippen LogP contribution in [0.2, 0.25) is 5.02 Å². The summed E-state index contributed by atoms with van der Waals surface area (Å²) in [5.41, 5.74) is 8.99. The molecule has 4 heterocycles. The second-order valence-electron chi connectivity index (χ2n) is 10.8. The average Bonchev–Trinajstić information content (AvgIpc) is 3.56. The molecule has 0 saturated carbocycles. The van der Waals surface area contributed by atoms with Crippen molar-refractivity contribution in [3.63, 3.8) is 0 Å². The van der Waals surface area contributed by atoms with Crippen LogP contribution in [0.15, 0.2) is 36.7 Å². The summed E-state index contributed by atoms with van der Waals surface area (Å²) in [6.45, 7) is 10.6. The van der Waals surface area contributed by atoms with Gasteiger partial charge in [-0.05, 0) is 63.3 Å². The van der Waals surface area contributed by atoms with Crippen molar-refractivity contribution < 1.29 is 5.11 Å². The molecule has 1 aliphatic heterocycles. The van der Waals surface area contributed by atoms with E-state index >= 15 is 0 Å².